The molecule has 0 saturated heterocycles. The summed E-state index contributed by atoms with van der Waals surface area (Å²) in [7, 11) is 0. The highest BCUT2D eigenvalue weighted by atomic mass is 16.1. The van der Waals surface area contributed by atoms with E-state index in [1.54, 1.807) is 6.92 Å². The molecule has 2 amide bonds. The molecule has 0 saturated carbocycles. The highest BCUT2D eigenvalue weighted by Gasteiger charge is 2.19. The summed E-state index contributed by atoms with van der Waals surface area (Å²) in [6.45, 7) is 1.79. The quantitative estimate of drug-likeness (QED) is 0.517. The van der Waals surface area contributed by atoms with Gasteiger partial charge >= 0.3 is 0 Å². The molecular weight excluding hydrogens is 208 g/mol. The number of nitrogen functional groups attached to an aromatic ring is 2. The lowest BCUT2D eigenvalue weighted by Crippen LogP contribution is -2.21. The smallest absolute Gasteiger partial charge is 0.252 e. The third kappa shape index (κ3) is 1.77. The van der Waals surface area contributed by atoms with Crippen molar-refractivity contribution in [1.82, 2.24) is 0 Å². The van der Waals surface area contributed by atoms with Crippen LogP contribution in [0.3, 0.4) is 0 Å². The van der Waals surface area contributed by atoms with Crippen molar-refractivity contribution in [2.24, 2.45) is 11.5 Å². The van der Waals surface area contributed by atoms with Crippen LogP contribution in [0.5, 0.6) is 0 Å². The van der Waals surface area contributed by atoms with Crippen molar-refractivity contribution >= 4 is 23.2 Å². The van der Waals surface area contributed by atoms with Gasteiger partial charge in [-0.05, 0) is 18.1 Å². The van der Waals surface area contributed by atoms with E-state index in [0.717, 1.165) is 0 Å². The van der Waals surface area contributed by atoms with Crippen LogP contribution in [0.1, 0.15) is 33.2 Å². The number of benzene rings is 1. The van der Waals surface area contributed by atoms with Gasteiger partial charge in [-0.25, -0.2) is 0 Å². The Morgan fingerprint density at radius 1 is 1.19 bits per heavy atom. The van der Waals surface area contributed by atoms with Crippen molar-refractivity contribution in [1.29, 1.82) is 0 Å². The summed E-state index contributed by atoms with van der Waals surface area (Å²) in [4.78, 5) is 22.3. The number of hydrogen-bond acceptors (Lipinski definition) is 4. The first-order chi connectivity index (χ1) is 7.40. The monoisotopic (exact) mass is 222 g/mol. The van der Waals surface area contributed by atoms with Gasteiger partial charge in [0, 0.05) is 11.3 Å². The summed E-state index contributed by atoms with van der Waals surface area (Å²) in [5.74, 6) is -1.35. The molecule has 8 N–H and O–H groups in total. The zero-order chi connectivity index (χ0) is 12.5. The minimum absolute atomic E-state index is 0.0434. The maximum Gasteiger partial charge on any atom is 0.252 e. The van der Waals surface area contributed by atoms with Gasteiger partial charge in [0.2, 0.25) is 5.91 Å². The van der Waals surface area contributed by atoms with Gasteiger partial charge in [0.15, 0.2) is 0 Å². The lowest BCUT2D eigenvalue weighted by molar-refractivity contribution is 0.0988. The predicted octanol–water partition coefficient (Wildman–Crippen LogP) is -0.389. The van der Waals surface area contributed by atoms with Gasteiger partial charge in [0.25, 0.3) is 5.91 Å². The van der Waals surface area contributed by atoms with Crippen LogP contribution >= 0.6 is 0 Å². The van der Waals surface area contributed by atoms with E-state index in [1.807, 2.05) is 0 Å². The van der Waals surface area contributed by atoms with Gasteiger partial charge in [0.05, 0.1) is 11.3 Å². The largest absolute Gasteiger partial charge is 0.398 e. The summed E-state index contributed by atoms with van der Waals surface area (Å²) in [5.41, 5.74) is 22.6. The predicted molar refractivity (Wildman–Crippen MR) is 61.7 cm³/mol. The van der Waals surface area contributed by atoms with Gasteiger partial charge < -0.3 is 22.9 Å². The van der Waals surface area contributed by atoms with E-state index >= 15 is 0 Å². The van der Waals surface area contributed by atoms with E-state index in [2.05, 4.69) is 0 Å². The van der Waals surface area contributed by atoms with Crippen LogP contribution in [0.2, 0.25) is 0 Å². The number of primary amides is 2. The number of carbonyl (C=O) groups excluding carboxylic acids is 2. The fourth-order valence-electron chi connectivity index (χ4n) is 1.64. The Bertz CT molecular complexity index is 468. The maximum absolute atomic E-state index is 11.2. The average molecular weight is 222 g/mol. The minimum Gasteiger partial charge on any atom is -0.398 e. The van der Waals surface area contributed by atoms with Crippen molar-refractivity contribution in [3.63, 3.8) is 0 Å². The number of nitrogens with two attached hydrogens (primary N) is 4. The second kappa shape index (κ2) is 4.09. The number of carbonyl (C=O) groups is 2. The molecule has 0 spiro atoms. The van der Waals surface area contributed by atoms with E-state index in [-0.39, 0.29) is 22.5 Å². The lowest BCUT2D eigenvalue weighted by atomic mass is 9.96. The van der Waals surface area contributed by atoms with Gasteiger partial charge in [-0.15, -0.1) is 0 Å². The summed E-state index contributed by atoms with van der Waals surface area (Å²) < 4.78 is 0. The molecule has 16 heavy (non-hydrogen) atoms. The van der Waals surface area contributed by atoms with Crippen LogP contribution in [-0.2, 0) is 6.42 Å². The topological polar surface area (TPSA) is 138 Å². The average Bonchev–Trinajstić information content (AvgIpc) is 2.16. The zero-order valence-electron chi connectivity index (χ0n) is 8.91. The Morgan fingerprint density at radius 2 is 1.75 bits per heavy atom. The van der Waals surface area contributed by atoms with E-state index in [0.29, 0.717) is 12.0 Å². The summed E-state index contributed by atoms with van der Waals surface area (Å²) in [5, 5.41) is 0. The fraction of sp³-hybridized carbons (Fsp3) is 0.200. The Kier molecular flexibility index (Phi) is 3.03. The first kappa shape index (κ1) is 11.8. The highest BCUT2D eigenvalue weighted by molar-refractivity contribution is 6.07. The molecule has 86 valence electrons. The summed E-state index contributed by atoms with van der Waals surface area (Å²) >= 11 is 0. The Hall–Kier alpha value is -2.24. The summed E-state index contributed by atoms with van der Waals surface area (Å²) in [6, 6.07) is 1.33. The van der Waals surface area contributed by atoms with Crippen molar-refractivity contribution < 1.29 is 9.59 Å². The van der Waals surface area contributed by atoms with Gasteiger partial charge in [-0.1, -0.05) is 6.92 Å². The number of rotatable bonds is 3. The number of hydrogen-bond donors (Lipinski definition) is 4. The second-order valence-electron chi connectivity index (χ2n) is 3.36. The zero-order valence-corrected chi connectivity index (χ0v) is 8.91. The van der Waals surface area contributed by atoms with Crippen molar-refractivity contribution in [2.45, 2.75) is 13.3 Å². The van der Waals surface area contributed by atoms with E-state index < -0.39 is 11.8 Å². The molecule has 1 aromatic carbocycles. The molecule has 0 heterocycles. The van der Waals surface area contributed by atoms with E-state index in [9.17, 15) is 9.59 Å². The van der Waals surface area contributed by atoms with Crippen LogP contribution in [0.25, 0.3) is 0 Å². The molecule has 0 radical (unpaired) electrons. The number of anilines is 2. The molecule has 6 heteroatoms. The van der Waals surface area contributed by atoms with Crippen molar-refractivity contribution in [3.05, 3.63) is 22.8 Å². The Labute approximate surface area is 92.6 Å². The van der Waals surface area contributed by atoms with E-state index in [1.165, 1.54) is 6.07 Å². The first-order valence-corrected chi connectivity index (χ1v) is 4.70. The van der Waals surface area contributed by atoms with Crippen molar-refractivity contribution in [2.75, 3.05) is 11.5 Å². The molecule has 0 aliphatic heterocycles. The molecular formula is C10H14N4O2. The molecule has 6 nitrogen and oxygen atoms in total. The van der Waals surface area contributed by atoms with Crippen molar-refractivity contribution in [3.8, 4) is 0 Å². The second-order valence-corrected chi connectivity index (χ2v) is 3.36. The molecule has 0 unspecified atom stereocenters. The van der Waals surface area contributed by atoms with Gasteiger partial charge in [-0.3, -0.25) is 9.59 Å². The van der Waals surface area contributed by atoms with Gasteiger partial charge in [0.1, 0.15) is 0 Å². The van der Waals surface area contributed by atoms with Crippen LogP contribution < -0.4 is 22.9 Å². The Morgan fingerprint density at radius 3 is 2.12 bits per heavy atom. The first-order valence-electron chi connectivity index (χ1n) is 4.70. The van der Waals surface area contributed by atoms with Crippen LogP contribution in [0, 0.1) is 0 Å². The normalized spacial score (nSPS) is 10.1. The van der Waals surface area contributed by atoms with Crippen LogP contribution in [0.4, 0.5) is 11.4 Å². The molecule has 1 rings (SSSR count). The number of amides is 2. The molecule has 0 aliphatic carbocycles. The molecule has 0 bridgehead atoms. The highest BCUT2D eigenvalue weighted by Crippen LogP contribution is 2.27. The third-order valence-electron chi connectivity index (χ3n) is 2.37. The fourth-order valence-corrected chi connectivity index (χ4v) is 1.64. The molecule has 1 aromatic rings. The molecule has 0 atom stereocenters. The molecule has 0 fully saturated rings. The molecule has 0 aromatic heterocycles. The summed E-state index contributed by atoms with van der Waals surface area (Å²) in [6.07, 6.45) is 0.463. The van der Waals surface area contributed by atoms with Crippen LogP contribution in [0.15, 0.2) is 6.07 Å². The SMILES string of the molecule is CCc1c(C(N)=O)cc(N)c(C(N)=O)c1N. The maximum atomic E-state index is 11.2. The lowest BCUT2D eigenvalue weighted by Gasteiger charge is -2.13. The third-order valence-corrected chi connectivity index (χ3v) is 2.37. The minimum atomic E-state index is -0.722. The van der Waals surface area contributed by atoms with E-state index in [4.69, 9.17) is 22.9 Å². The van der Waals surface area contributed by atoms with Gasteiger partial charge in [-0.2, -0.15) is 0 Å². The Balaban J connectivity index is 3.62. The molecule has 0 aliphatic rings. The standard InChI is InChI=1S/C10H14N4O2/c1-2-4-5(9(13)15)3-6(11)7(8(4)12)10(14)16/h3H,2,11-12H2,1H3,(H2,13,15)(H2,14,16). The van der Waals surface area contributed by atoms with Crippen LogP contribution in [-0.4, -0.2) is 11.8 Å².